The molecule has 0 fully saturated rings. The zero-order valence-electron chi connectivity index (χ0n) is 18.6. The number of likely N-dealkylation sites (N-methyl/N-ethyl adjacent to an activating group) is 1. The second-order valence-electron chi connectivity index (χ2n) is 7.88. The van der Waals surface area contributed by atoms with Gasteiger partial charge in [0.2, 0.25) is 11.8 Å². The summed E-state index contributed by atoms with van der Waals surface area (Å²) in [5, 5.41) is 3.49. The number of halogens is 1. The summed E-state index contributed by atoms with van der Waals surface area (Å²) in [4.78, 5) is 28.4. The second kappa shape index (κ2) is 11.5. The third kappa shape index (κ3) is 6.44. The van der Waals surface area contributed by atoms with Crippen molar-refractivity contribution in [3.05, 3.63) is 106 Å². The lowest BCUT2D eigenvalue weighted by molar-refractivity contribution is -0.140. The van der Waals surface area contributed by atoms with Gasteiger partial charge in [0.25, 0.3) is 0 Å². The first-order valence-corrected chi connectivity index (χ1v) is 11.3. The normalized spacial score (nSPS) is 11.6. The summed E-state index contributed by atoms with van der Waals surface area (Å²) in [6.45, 7) is 4.64. The summed E-state index contributed by atoms with van der Waals surface area (Å²) in [6.07, 6.45) is 0.646. The van der Waals surface area contributed by atoms with Gasteiger partial charge in [-0.25, -0.2) is 0 Å². The summed E-state index contributed by atoms with van der Waals surface area (Å²) >= 11 is 6.42. The van der Waals surface area contributed by atoms with Crippen LogP contribution in [0.2, 0.25) is 5.02 Å². The first-order valence-electron chi connectivity index (χ1n) is 10.9. The minimum atomic E-state index is -0.647. The van der Waals surface area contributed by atoms with Crippen LogP contribution in [0.4, 0.5) is 0 Å². The molecule has 0 bridgehead atoms. The van der Waals surface area contributed by atoms with Crippen LogP contribution in [0, 0.1) is 6.92 Å². The van der Waals surface area contributed by atoms with Crippen LogP contribution in [0.15, 0.2) is 78.9 Å². The van der Waals surface area contributed by atoms with Gasteiger partial charge in [-0.1, -0.05) is 90.0 Å². The smallest absolute Gasteiger partial charge is 0.243 e. The maximum Gasteiger partial charge on any atom is 0.243 e. The number of rotatable bonds is 9. The predicted molar refractivity (Wildman–Crippen MR) is 130 cm³/mol. The molecule has 0 aliphatic carbocycles. The quantitative estimate of drug-likeness (QED) is 0.502. The van der Waals surface area contributed by atoms with E-state index in [1.54, 1.807) is 11.0 Å². The molecule has 0 radical (unpaired) electrons. The van der Waals surface area contributed by atoms with Crippen molar-refractivity contribution in [3.63, 3.8) is 0 Å². The van der Waals surface area contributed by atoms with Crippen LogP contribution in [0.5, 0.6) is 0 Å². The highest BCUT2D eigenvalue weighted by Crippen LogP contribution is 2.21. The molecular formula is C27H29ClN2O2. The first kappa shape index (κ1) is 23.6. The van der Waals surface area contributed by atoms with Crippen molar-refractivity contribution >= 4 is 23.4 Å². The van der Waals surface area contributed by atoms with Gasteiger partial charge in [0.1, 0.15) is 6.04 Å². The van der Waals surface area contributed by atoms with Crippen molar-refractivity contribution in [1.29, 1.82) is 0 Å². The summed E-state index contributed by atoms with van der Waals surface area (Å²) in [7, 11) is 0. The van der Waals surface area contributed by atoms with E-state index in [4.69, 9.17) is 11.6 Å². The van der Waals surface area contributed by atoms with Crippen LogP contribution < -0.4 is 5.32 Å². The predicted octanol–water partition coefficient (Wildman–Crippen LogP) is 4.97. The van der Waals surface area contributed by atoms with Crippen LogP contribution in [0.1, 0.15) is 29.2 Å². The largest absolute Gasteiger partial charge is 0.355 e. The molecule has 0 aromatic heterocycles. The molecule has 0 saturated heterocycles. The Morgan fingerprint density at radius 1 is 0.938 bits per heavy atom. The van der Waals surface area contributed by atoms with Crippen LogP contribution in [0.25, 0.3) is 0 Å². The first-order chi connectivity index (χ1) is 15.5. The molecule has 0 aliphatic heterocycles. The van der Waals surface area contributed by atoms with Crippen molar-refractivity contribution in [2.24, 2.45) is 0 Å². The highest BCUT2D eigenvalue weighted by Gasteiger charge is 2.30. The minimum absolute atomic E-state index is 0.109. The molecule has 3 aromatic rings. The monoisotopic (exact) mass is 448 g/mol. The summed E-state index contributed by atoms with van der Waals surface area (Å²) in [5.41, 5.74) is 3.83. The van der Waals surface area contributed by atoms with Gasteiger partial charge < -0.3 is 10.2 Å². The number of amides is 2. The number of nitrogens with zero attached hydrogens (tertiary/aromatic N) is 1. The van der Waals surface area contributed by atoms with Gasteiger partial charge in [-0.2, -0.15) is 0 Å². The minimum Gasteiger partial charge on any atom is -0.355 e. The number of benzene rings is 3. The number of hydrogen-bond acceptors (Lipinski definition) is 2. The third-order valence-electron chi connectivity index (χ3n) is 5.36. The van der Waals surface area contributed by atoms with Gasteiger partial charge in [0.05, 0.1) is 6.42 Å². The van der Waals surface area contributed by atoms with Gasteiger partial charge >= 0.3 is 0 Å². The Hall–Kier alpha value is -3.11. The fourth-order valence-electron chi connectivity index (χ4n) is 3.75. The van der Waals surface area contributed by atoms with E-state index in [1.807, 2.05) is 86.6 Å². The molecule has 3 aromatic carbocycles. The number of nitrogens with one attached hydrogen (secondary N) is 1. The van der Waals surface area contributed by atoms with Crippen LogP contribution >= 0.6 is 11.6 Å². The standard InChI is InChI=1S/C27H29ClN2O2/c1-3-29-27(32)25(17-21-11-5-4-6-12-21)30(19-23-14-7-8-15-24(23)28)26(31)18-22-13-9-10-20(2)16-22/h4-16,25H,3,17-19H2,1-2H3,(H,29,32)/t25-/m1/s1. The Balaban J connectivity index is 1.97. The third-order valence-corrected chi connectivity index (χ3v) is 5.73. The van der Waals surface area contributed by atoms with Crippen molar-refractivity contribution in [2.45, 2.75) is 39.3 Å². The van der Waals surface area contributed by atoms with E-state index in [-0.39, 0.29) is 24.8 Å². The summed E-state index contributed by atoms with van der Waals surface area (Å²) < 4.78 is 0. The lowest BCUT2D eigenvalue weighted by Gasteiger charge is -2.32. The fourth-order valence-corrected chi connectivity index (χ4v) is 3.95. The van der Waals surface area contributed by atoms with Gasteiger partial charge in [-0.3, -0.25) is 9.59 Å². The van der Waals surface area contributed by atoms with Crippen molar-refractivity contribution < 1.29 is 9.59 Å². The molecule has 0 unspecified atom stereocenters. The van der Waals surface area contributed by atoms with E-state index < -0.39 is 6.04 Å². The summed E-state index contributed by atoms with van der Waals surface area (Å²) in [6, 6.07) is 24.5. The Morgan fingerprint density at radius 2 is 1.62 bits per heavy atom. The molecule has 0 saturated carbocycles. The zero-order valence-corrected chi connectivity index (χ0v) is 19.3. The molecule has 0 spiro atoms. The fraction of sp³-hybridized carbons (Fsp3) is 0.259. The SMILES string of the molecule is CCNC(=O)[C@@H](Cc1ccccc1)N(Cc1ccccc1Cl)C(=O)Cc1cccc(C)c1. The number of aryl methyl sites for hydroxylation is 1. The highest BCUT2D eigenvalue weighted by molar-refractivity contribution is 6.31. The second-order valence-corrected chi connectivity index (χ2v) is 8.29. The molecule has 0 aliphatic rings. The van der Waals surface area contributed by atoms with Crippen LogP contribution in [-0.2, 0) is 29.0 Å². The molecule has 1 atom stereocenters. The van der Waals surface area contributed by atoms with Crippen molar-refractivity contribution in [3.8, 4) is 0 Å². The highest BCUT2D eigenvalue weighted by atomic mass is 35.5. The van der Waals surface area contributed by atoms with Gasteiger partial charge in [0, 0.05) is 24.5 Å². The van der Waals surface area contributed by atoms with E-state index in [0.717, 1.165) is 22.3 Å². The Kier molecular flexibility index (Phi) is 8.46. The Bertz CT molecular complexity index is 1050. The molecule has 2 amide bonds. The van der Waals surface area contributed by atoms with E-state index in [0.29, 0.717) is 18.0 Å². The summed E-state index contributed by atoms with van der Waals surface area (Å²) in [5.74, 6) is -0.274. The number of carbonyl (C=O) groups excluding carboxylic acids is 2. The molecule has 32 heavy (non-hydrogen) atoms. The molecular weight excluding hydrogens is 420 g/mol. The van der Waals surface area contributed by atoms with E-state index in [9.17, 15) is 9.59 Å². The topological polar surface area (TPSA) is 49.4 Å². The van der Waals surface area contributed by atoms with Crippen LogP contribution in [-0.4, -0.2) is 29.3 Å². The average molecular weight is 449 g/mol. The molecule has 3 rings (SSSR count). The average Bonchev–Trinajstić information content (AvgIpc) is 2.78. The zero-order chi connectivity index (χ0) is 22.9. The lowest BCUT2D eigenvalue weighted by Crippen LogP contribution is -2.51. The Labute approximate surface area is 195 Å². The van der Waals surface area contributed by atoms with Gasteiger partial charge in [-0.15, -0.1) is 0 Å². The molecule has 1 N–H and O–H groups in total. The molecule has 0 heterocycles. The molecule has 4 nitrogen and oxygen atoms in total. The van der Waals surface area contributed by atoms with Gasteiger partial charge in [-0.05, 0) is 36.6 Å². The van der Waals surface area contributed by atoms with Crippen molar-refractivity contribution in [2.75, 3.05) is 6.54 Å². The van der Waals surface area contributed by atoms with E-state index in [2.05, 4.69) is 5.32 Å². The molecule has 166 valence electrons. The lowest BCUT2D eigenvalue weighted by atomic mass is 10.0. The molecule has 5 heteroatoms. The van der Waals surface area contributed by atoms with E-state index in [1.165, 1.54) is 0 Å². The maximum atomic E-state index is 13.6. The number of carbonyl (C=O) groups is 2. The maximum absolute atomic E-state index is 13.6. The van der Waals surface area contributed by atoms with E-state index >= 15 is 0 Å². The Morgan fingerprint density at radius 3 is 2.31 bits per heavy atom. The number of hydrogen-bond donors (Lipinski definition) is 1. The van der Waals surface area contributed by atoms with Crippen LogP contribution in [0.3, 0.4) is 0 Å². The van der Waals surface area contributed by atoms with Gasteiger partial charge in [0.15, 0.2) is 0 Å². The van der Waals surface area contributed by atoms with Crippen molar-refractivity contribution in [1.82, 2.24) is 10.2 Å².